The van der Waals surface area contributed by atoms with Gasteiger partial charge in [-0.3, -0.25) is 4.79 Å². The van der Waals surface area contributed by atoms with Gasteiger partial charge in [-0.05, 0) is 26.3 Å². The van der Waals surface area contributed by atoms with Crippen LogP contribution in [0.2, 0.25) is 8.67 Å². The SMILES string of the molecule is CC(C)OCCCNC(=O)c1cc(Cl)sc1Cl. The highest BCUT2D eigenvalue weighted by Gasteiger charge is 2.13. The van der Waals surface area contributed by atoms with Crippen LogP contribution in [0.15, 0.2) is 6.07 Å². The number of thiophene rings is 1. The van der Waals surface area contributed by atoms with Crippen LogP contribution in [-0.2, 0) is 4.74 Å². The molecule has 3 nitrogen and oxygen atoms in total. The third-order valence-corrected chi connectivity index (χ3v) is 3.45. The summed E-state index contributed by atoms with van der Waals surface area (Å²) < 4.78 is 6.30. The average Bonchev–Trinajstić information content (AvgIpc) is 2.56. The zero-order valence-corrected chi connectivity index (χ0v) is 12.1. The largest absolute Gasteiger partial charge is 0.379 e. The second kappa shape index (κ2) is 7.21. The molecule has 0 aliphatic carbocycles. The number of carbonyl (C=O) groups excluding carboxylic acids is 1. The Labute approximate surface area is 115 Å². The molecule has 1 amide bonds. The zero-order chi connectivity index (χ0) is 12.8. The van der Waals surface area contributed by atoms with E-state index in [1.54, 1.807) is 6.07 Å². The molecule has 1 rings (SSSR count). The van der Waals surface area contributed by atoms with Crippen molar-refractivity contribution in [2.75, 3.05) is 13.2 Å². The summed E-state index contributed by atoms with van der Waals surface area (Å²) in [6, 6.07) is 1.58. The molecule has 1 aromatic heterocycles. The Bertz CT molecular complexity index is 380. The zero-order valence-electron chi connectivity index (χ0n) is 9.76. The lowest BCUT2D eigenvalue weighted by molar-refractivity contribution is 0.0757. The third kappa shape index (κ3) is 5.25. The minimum absolute atomic E-state index is 0.192. The highest BCUT2D eigenvalue weighted by Crippen LogP contribution is 2.30. The molecule has 0 saturated carbocycles. The Morgan fingerprint density at radius 2 is 2.24 bits per heavy atom. The highest BCUT2D eigenvalue weighted by atomic mass is 35.5. The molecule has 96 valence electrons. The molecule has 0 radical (unpaired) electrons. The Morgan fingerprint density at radius 1 is 1.53 bits per heavy atom. The van der Waals surface area contributed by atoms with Crippen molar-refractivity contribution in [3.8, 4) is 0 Å². The van der Waals surface area contributed by atoms with Crippen molar-refractivity contribution >= 4 is 40.4 Å². The van der Waals surface area contributed by atoms with Crippen molar-refractivity contribution in [2.45, 2.75) is 26.4 Å². The number of hydrogen-bond acceptors (Lipinski definition) is 3. The molecule has 0 saturated heterocycles. The van der Waals surface area contributed by atoms with Gasteiger partial charge in [0.2, 0.25) is 0 Å². The highest BCUT2D eigenvalue weighted by molar-refractivity contribution is 7.20. The normalized spacial score (nSPS) is 10.9. The van der Waals surface area contributed by atoms with Gasteiger partial charge < -0.3 is 10.1 Å². The van der Waals surface area contributed by atoms with E-state index in [0.29, 0.717) is 27.4 Å². The molecule has 0 aliphatic rings. The predicted octanol–water partition coefficient (Wildman–Crippen LogP) is 3.60. The third-order valence-electron chi connectivity index (χ3n) is 1.96. The fourth-order valence-electron chi connectivity index (χ4n) is 1.18. The molecule has 0 aromatic carbocycles. The molecule has 0 bridgehead atoms. The van der Waals surface area contributed by atoms with E-state index in [1.165, 1.54) is 11.3 Å². The minimum Gasteiger partial charge on any atom is -0.379 e. The van der Waals surface area contributed by atoms with E-state index >= 15 is 0 Å². The van der Waals surface area contributed by atoms with E-state index in [-0.39, 0.29) is 12.0 Å². The van der Waals surface area contributed by atoms with Gasteiger partial charge in [-0.1, -0.05) is 23.2 Å². The number of halogens is 2. The lowest BCUT2D eigenvalue weighted by Gasteiger charge is -2.07. The second-order valence-electron chi connectivity index (χ2n) is 3.77. The molecular weight excluding hydrogens is 281 g/mol. The van der Waals surface area contributed by atoms with Crippen molar-refractivity contribution in [3.63, 3.8) is 0 Å². The van der Waals surface area contributed by atoms with E-state index in [2.05, 4.69) is 5.32 Å². The van der Waals surface area contributed by atoms with Crippen LogP contribution in [0.25, 0.3) is 0 Å². The summed E-state index contributed by atoms with van der Waals surface area (Å²) >= 11 is 12.8. The van der Waals surface area contributed by atoms with Gasteiger partial charge in [-0.2, -0.15) is 0 Å². The van der Waals surface area contributed by atoms with E-state index in [1.807, 2.05) is 13.8 Å². The van der Waals surface area contributed by atoms with Gasteiger partial charge in [0, 0.05) is 13.2 Å². The standard InChI is InChI=1S/C11H15Cl2NO2S/c1-7(2)16-5-3-4-14-11(15)8-6-9(12)17-10(8)13/h6-7H,3-5H2,1-2H3,(H,14,15). The van der Waals surface area contributed by atoms with Crippen LogP contribution in [0.4, 0.5) is 0 Å². The first-order valence-electron chi connectivity index (χ1n) is 5.35. The lowest BCUT2D eigenvalue weighted by Crippen LogP contribution is -2.25. The summed E-state index contributed by atoms with van der Waals surface area (Å²) in [6.07, 6.45) is 0.996. The van der Waals surface area contributed by atoms with E-state index in [9.17, 15) is 4.79 Å². The fourth-order valence-corrected chi connectivity index (χ4v) is 2.64. The van der Waals surface area contributed by atoms with Crippen molar-refractivity contribution < 1.29 is 9.53 Å². The van der Waals surface area contributed by atoms with Crippen molar-refractivity contribution in [1.29, 1.82) is 0 Å². The monoisotopic (exact) mass is 295 g/mol. The Kier molecular flexibility index (Phi) is 6.27. The number of ether oxygens (including phenoxy) is 1. The topological polar surface area (TPSA) is 38.3 Å². The van der Waals surface area contributed by atoms with Gasteiger partial charge in [-0.25, -0.2) is 0 Å². The Balaban J connectivity index is 2.28. The molecule has 6 heteroatoms. The van der Waals surface area contributed by atoms with E-state index in [4.69, 9.17) is 27.9 Å². The van der Waals surface area contributed by atoms with Crippen molar-refractivity contribution in [3.05, 3.63) is 20.3 Å². The van der Waals surface area contributed by atoms with Gasteiger partial charge in [0.05, 0.1) is 16.0 Å². The lowest BCUT2D eigenvalue weighted by atomic mass is 10.3. The van der Waals surface area contributed by atoms with Crippen LogP contribution in [0.3, 0.4) is 0 Å². The first-order valence-corrected chi connectivity index (χ1v) is 6.92. The molecular formula is C11H15Cl2NO2S. The first kappa shape index (κ1) is 14.8. The number of hydrogen-bond donors (Lipinski definition) is 1. The van der Waals surface area contributed by atoms with Gasteiger partial charge in [0.25, 0.3) is 5.91 Å². The predicted molar refractivity (Wildman–Crippen MR) is 72.4 cm³/mol. The van der Waals surface area contributed by atoms with E-state index in [0.717, 1.165) is 6.42 Å². The maximum atomic E-state index is 11.7. The Hall–Kier alpha value is -0.290. The van der Waals surface area contributed by atoms with Gasteiger partial charge in [-0.15, -0.1) is 11.3 Å². The van der Waals surface area contributed by atoms with Crippen LogP contribution in [0.5, 0.6) is 0 Å². The Morgan fingerprint density at radius 3 is 2.76 bits per heavy atom. The fraction of sp³-hybridized carbons (Fsp3) is 0.545. The molecule has 0 unspecified atom stereocenters. The summed E-state index contributed by atoms with van der Waals surface area (Å²) in [7, 11) is 0. The summed E-state index contributed by atoms with van der Waals surface area (Å²) in [5.41, 5.74) is 0.437. The summed E-state index contributed by atoms with van der Waals surface area (Å²) in [6.45, 7) is 5.16. The molecule has 0 aliphatic heterocycles. The summed E-state index contributed by atoms with van der Waals surface area (Å²) in [5, 5.41) is 2.77. The first-order chi connectivity index (χ1) is 8.00. The average molecular weight is 296 g/mol. The maximum absolute atomic E-state index is 11.7. The number of carbonyl (C=O) groups is 1. The molecule has 17 heavy (non-hydrogen) atoms. The minimum atomic E-state index is -0.192. The molecule has 0 fully saturated rings. The smallest absolute Gasteiger partial charge is 0.253 e. The number of rotatable bonds is 6. The van der Waals surface area contributed by atoms with Gasteiger partial charge >= 0.3 is 0 Å². The van der Waals surface area contributed by atoms with Crippen LogP contribution in [-0.4, -0.2) is 25.2 Å². The van der Waals surface area contributed by atoms with Crippen LogP contribution in [0.1, 0.15) is 30.6 Å². The van der Waals surface area contributed by atoms with Crippen LogP contribution in [0, 0.1) is 0 Å². The van der Waals surface area contributed by atoms with E-state index < -0.39 is 0 Å². The van der Waals surface area contributed by atoms with Gasteiger partial charge in [0.15, 0.2) is 0 Å². The molecule has 1 heterocycles. The molecule has 1 N–H and O–H groups in total. The van der Waals surface area contributed by atoms with Crippen LogP contribution >= 0.6 is 34.5 Å². The summed E-state index contributed by atoms with van der Waals surface area (Å²) in [5.74, 6) is -0.192. The quantitative estimate of drug-likeness (QED) is 0.815. The second-order valence-corrected chi connectivity index (χ2v) is 6.05. The number of amides is 1. The molecule has 1 aromatic rings. The van der Waals surface area contributed by atoms with Crippen LogP contribution < -0.4 is 5.32 Å². The molecule has 0 spiro atoms. The number of nitrogens with one attached hydrogen (secondary N) is 1. The van der Waals surface area contributed by atoms with Crippen molar-refractivity contribution in [1.82, 2.24) is 5.32 Å². The summed E-state index contributed by atoms with van der Waals surface area (Å²) in [4.78, 5) is 11.7. The van der Waals surface area contributed by atoms with Crippen molar-refractivity contribution in [2.24, 2.45) is 0 Å². The maximum Gasteiger partial charge on any atom is 0.253 e. The molecule has 0 atom stereocenters. The van der Waals surface area contributed by atoms with Gasteiger partial charge in [0.1, 0.15) is 4.34 Å².